The molecule has 0 aliphatic rings. The van der Waals surface area contributed by atoms with Gasteiger partial charge in [-0.05, 0) is 25.1 Å². The zero-order valence-corrected chi connectivity index (χ0v) is 10.6. The van der Waals surface area contributed by atoms with Gasteiger partial charge in [0.15, 0.2) is 0 Å². The molecule has 2 rings (SSSR count). The number of pyridine rings is 2. The van der Waals surface area contributed by atoms with E-state index in [-0.39, 0.29) is 0 Å². The van der Waals surface area contributed by atoms with Gasteiger partial charge in [-0.25, -0.2) is 4.98 Å². The van der Waals surface area contributed by atoms with Gasteiger partial charge in [0.25, 0.3) is 0 Å². The second-order valence-electron chi connectivity index (χ2n) is 4.27. The molecule has 0 fully saturated rings. The highest BCUT2D eigenvalue weighted by atomic mass is 16.3. The van der Waals surface area contributed by atoms with Crippen LogP contribution in [0.3, 0.4) is 0 Å². The summed E-state index contributed by atoms with van der Waals surface area (Å²) in [4.78, 5) is 10.6. The Bertz CT molecular complexity index is 499. The average molecular weight is 243 g/mol. The van der Waals surface area contributed by atoms with Gasteiger partial charge in [-0.1, -0.05) is 12.1 Å². The second-order valence-corrected chi connectivity index (χ2v) is 4.27. The van der Waals surface area contributed by atoms with Gasteiger partial charge >= 0.3 is 0 Å². The maximum atomic E-state index is 9.74. The Morgan fingerprint density at radius 2 is 1.94 bits per heavy atom. The molecule has 18 heavy (non-hydrogen) atoms. The molecular formula is C14H17N3O. The normalized spacial score (nSPS) is 12.2. The van der Waals surface area contributed by atoms with Crippen LogP contribution in [0.15, 0.2) is 42.7 Å². The number of nitrogens with zero attached hydrogens (tertiary/aromatic N) is 3. The van der Waals surface area contributed by atoms with Crippen LogP contribution < -0.4 is 4.90 Å². The van der Waals surface area contributed by atoms with E-state index in [0.717, 1.165) is 17.1 Å². The first kappa shape index (κ1) is 12.5. The predicted molar refractivity (Wildman–Crippen MR) is 71.2 cm³/mol. The molecule has 1 N–H and O–H groups in total. The van der Waals surface area contributed by atoms with Crippen LogP contribution in [0, 0.1) is 0 Å². The van der Waals surface area contributed by atoms with E-state index in [1.807, 2.05) is 42.3 Å². The Morgan fingerprint density at radius 1 is 1.17 bits per heavy atom. The minimum Gasteiger partial charge on any atom is -0.389 e. The second kappa shape index (κ2) is 5.60. The first-order chi connectivity index (χ1) is 8.68. The molecule has 0 amide bonds. The summed E-state index contributed by atoms with van der Waals surface area (Å²) in [6.07, 6.45) is 2.98. The van der Waals surface area contributed by atoms with E-state index in [4.69, 9.17) is 0 Å². The van der Waals surface area contributed by atoms with Crippen LogP contribution in [-0.2, 0) is 6.54 Å². The molecule has 0 aliphatic carbocycles. The number of aliphatic hydroxyl groups excluding tert-OH is 1. The Morgan fingerprint density at radius 3 is 2.61 bits per heavy atom. The van der Waals surface area contributed by atoms with Gasteiger partial charge in [0.05, 0.1) is 18.3 Å². The molecule has 0 aromatic carbocycles. The van der Waals surface area contributed by atoms with Crippen molar-refractivity contribution < 1.29 is 5.11 Å². The molecule has 4 nitrogen and oxygen atoms in total. The fourth-order valence-electron chi connectivity index (χ4n) is 1.86. The number of hydrogen-bond acceptors (Lipinski definition) is 4. The third-order valence-electron chi connectivity index (χ3n) is 2.75. The smallest absolute Gasteiger partial charge is 0.134 e. The molecule has 0 aliphatic heterocycles. The fraction of sp³-hybridized carbons (Fsp3) is 0.286. The number of aromatic nitrogens is 2. The maximum absolute atomic E-state index is 9.74. The van der Waals surface area contributed by atoms with E-state index < -0.39 is 6.10 Å². The Hall–Kier alpha value is -1.94. The van der Waals surface area contributed by atoms with E-state index in [2.05, 4.69) is 9.97 Å². The number of anilines is 1. The van der Waals surface area contributed by atoms with Gasteiger partial charge in [0.1, 0.15) is 5.82 Å². The quantitative estimate of drug-likeness (QED) is 0.894. The molecule has 2 aromatic rings. The zero-order chi connectivity index (χ0) is 13.0. The molecule has 0 saturated heterocycles. The molecule has 94 valence electrons. The average Bonchev–Trinajstić information content (AvgIpc) is 2.40. The lowest BCUT2D eigenvalue weighted by molar-refractivity contribution is 0.199. The van der Waals surface area contributed by atoms with Crippen molar-refractivity contribution in [3.63, 3.8) is 0 Å². The molecule has 0 saturated carbocycles. The van der Waals surface area contributed by atoms with Gasteiger partial charge < -0.3 is 10.0 Å². The van der Waals surface area contributed by atoms with Crippen molar-refractivity contribution in [2.45, 2.75) is 19.6 Å². The van der Waals surface area contributed by atoms with Crippen LogP contribution in [-0.4, -0.2) is 22.1 Å². The summed E-state index contributed by atoms with van der Waals surface area (Å²) >= 11 is 0. The third-order valence-corrected chi connectivity index (χ3v) is 2.75. The summed E-state index contributed by atoms with van der Waals surface area (Å²) in [5, 5.41) is 9.74. The molecule has 0 bridgehead atoms. The van der Waals surface area contributed by atoms with Gasteiger partial charge in [0.2, 0.25) is 0 Å². The van der Waals surface area contributed by atoms with Crippen LogP contribution in [0.5, 0.6) is 0 Å². The number of hydrogen-bond donors (Lipinski definition) is 1. The van der Waals surface area contributed by atoms with Gasteiger partial charge in [-0.3, -0.25) is 4.98 Å². The Kier molecular flexibility index (Phi) is 3.89. The SMILES string of the molecule is C[C@H](O)c1cccnc1N(C)Cc1ccccn1. The Labute approximate surface area is 107 Å². The summed E-state index contributed by atoms with van der Waals surface area (Å²) in [6, 6.07) is 9.55. The minimum atomic E-state index is -0.528. The van der Waals surface area contributed by atoms with Crippen molar-refractivity contribution in [2.75, 3.05) is 11.9 Å². The summed E-state index contributed by atoms with van der Waals surface area (Å²) in [5.41, 5.74) is 1.80. The summed E-state index contributed by atoms with van der Waals surface area (Å²) in [6.45, 7) is 2.41. The molecular weight excluding hydrogens is 226 g/mol. The maximum Gasteiger partial charge on any atom is 0.134 e. The van der Waals surface area contributed by atoms with E-state index in [1.54, 1.807) is 19.3 Å². The third kappa shape index (κ3) is 2.84. The van der Waals surface area contributed by atoms with Crippen molar-refractivity contribution >= 4 is 5.82 Å². The van der Waals surface area contributed by atoms with Crippen LogP contribution in [0.25, 0.3) is 0 Å². The van der Waals surface area contributed by atoms with Crippen molar-refractivity contribution in [1.29, 1.82) is 0 Å². The molecule has 0 spiro atoms. The van der Waals surface area contributed by atoms with E-state index in [9.17, 15) is 5.11 Å². The van der Waals surface area contributed by atoms with Gasteiger partial charge in [-0.15, -0.1) is 0 Å². The summed E-state index contributed by atoms with van der Waals surface area (Å²) < 4.78 is 0. The lowest BCUT2D eigenvalue weighted by atomic mass is 10.1. The molecule has 2 aromatic heterocycles. The number of rotatable bonds is 4. The van der Waals surface area contributed by atoms with E-state index in [0.29, 0.717) is 6.54 Å². The summed E-state index contributed by atoms with van der Waals surface area (Å²) in [7, 11) is 1.95. The van der Waals surface area contributed by atoms with E-state index in [1.165, 1.54) is 0 Å². The monoisotopic (exact) mass is 243 g/mol. The van der Waals surface area contributed by atoms with Crippen molar-refractivity contribution in [3.05, 3.63) is 54.0 Å². The molecule has 2 heterocycles. The molecule has 0 unspecified atom stereocenters. The zero-order valence-electron chi connectivity index (χ0n) is 10.6. The highest BCUT2D eigenvalue weighted by Gasteiger charge is 2.12. The molecule has 0 radical (unpaired) electrons. The van der Waals surface area contributed by atoms with Crippen molar-refractivity contribution in [1.82, 2.24) is 9.97 Å². The topological polar surface area (TPSA) is 49.3 Å². The van der Waals surface area contributed by atoms with Gasteiger partial charge in [0, 0.05) is 25.0 Å². The van der Waals surface area contributed by atoms with Crippen molar-refractivity contribution in [3.8, 4) is 0 Å². The fourth-order valence-corrected chi connectivity index (χ4v) is 1.86. The highest BCUT2D eigenvalue weighted by Crippen LogP contribution is 2.23. The van der Waals surface area contributed by atoms with Crippen molar-refractivity contribution in [2.24, 2.45) is 0 Å². The van der Waals surface area contributed by atoms with Crippen LogP contribution in [0.1, 0.15) is 24.3 Å². The van der Waals surface area contributed by atoms with Crippen LogP contribution in [0.4, 0.5) is 5.82 Å². The Balaban J connectivity index is 2.21. The molecule has 1 atom stereocenters. The highest BCUT2D eigenvalue weighted by molar-refractivity contribution is 5.47. The largest absolute Gasteiger partial charge is 0.389 e. The number of aliphatic hydroxyl groups is 1. The molecule has 4 heteroatoms. The van der Waals surface area contributed by atoms with E-state index >= 15 is 0 Å². The summed E-state index contributed by atoms with van der Waals surface area (Å²) in [5.74, 6) is 0.790. The van der Waals surface area contributed by atoms with Crippen LogP contribution in [0.2, 0.25) is 0 Å². The lowest BCUT2D eigenvalue weighted by Crippen LogP contribution is -2.20. The standard InChI is InChI=1S/C14H17N3O/c1-11(18)13-7-5-9-16-14(13)17(2)10-12-6-3-4-8-15-12/h3-9,11,18H,10H2,1-2H3/t11-/m0/s1. The van der Waals surface area contributed by atoms with Crippen LogP contribution >= 0.6 is 0 Å². The lowest BCUT2D eigenvalue weighted by Gasteiger charge is -2.21. The first-order valence-electron chi connectivity index (χ1n) is 5.92. The van der Waals surface area contributed by atoms with Gasteiger partial charge in [-0.2, -0.15) is 0 Å². The first-order valence-corrected chi connectivity index (χ1v) is 5.92. The predicted octanol–water partition coefficient (Wildman–Crippen LogP) is 2.17. The minimum absolute atomic E-state index is 0.528.